The fourth-order valence-electron chi connectivity index (χ4n) is 4.76. The Morgan fingerprint density at radius 3 is 2.69 bits per heavy atom. The summed E-state index contributed by atoms with van der Waals surface area (Å²) in [5, 5.41) is 4.71. The van der Waals surface area contributed by atoms with Gasteiger partial charge in [-0.2, -0.15) is 0 Å². The van der Waals surface area contributed by atoms with Gasteiger partial charge in [-0.15, -0.1) is 0 Å². The molecule has 0 unspecified atom stereocenters. The number of anilines is 1. The Morgan fingerprint density at radius 2 is 1.90 bits per heavy atom. The van der Waals surface area contributed by atoms with Crippen molar-refractivity contribution in [3.8, 4) is 11.4 Å². The number of pyridine rings is 2. The average molecular weight is 390 g/mol. The summed E-state index contributed by atoms with van der Waals surface area (Å²) >= 11 is 0. The molecule has 29 heavy (non-hydrogen) atoms. The van der Waals surface area contributed by atoms with E-state index in [1.165, 1.54) is 19.3 Å². The molecule has 2 saturated heterocycles. The van der Waals surface area contributed by atoms with Crippen LogP contribution in [-0.2, 0) is 4.74 Å². The smallest absolute Gasteiger partial charge is 0.162 e. The lowest BCUT2D eigenvalue weighted by Gasteiger charge is -2.40. The molecule has 0 aromatic carbocycles. The lowest BCUT2D eigenvalue weighted by atomic mass is 9.76. The van der Waals surface area contributed by atoms with E-state index in [1.807, 2.05) is 30.6 Å². The Balaban J connectivity index is 1.43. The molecule has 3 aromatic heterocycles. The molecule has 7 heteroatoms. The highest BCUT2D eigenvalue weighted by atomic mass is 16.5. The molecule has 0 saturated carbocycles. The third-order valence-electron chi connectivity index (χ3n) is 6.35. The number of hydrogen-bond donors (Lipinski definition) is 1. The molecule has 150 valence electrons. The summed E-state index contributed by atoms with van der Waals surface area (Å²) in [6.45, 7) is 3.90. The van der Waals surface area contributed by atoms with E-state index in [0.717, 1.165) is 54.3 Å². The quantitative estimate of drug-likeness (QED) is 0.734. The van der Waals surface area contributed by atoms with Gasteiger partial charge in [0, 0.05) is 62.3 Å². The second-order valence-corrected chi connectivity index (χ2v) is 8.22. The number of ether oxygens (including phenoxy) is 1. The normalized spacial score (nSPS) is 21.1. The Morgan fingerprint density at radius 1 is 1.10 bits per heavy atom. The zero-order valence-corrected chi connectivity index (χ0v) is 16.7. The Bertz CT molecular complexity index is 987. The molecule has 0 amide bonds. The first-order chi connectivity index (χ1) is 14.3. The minimum Gasteiger partial charge on any atom is -0.383 e. The highest BCUT2D eigenvalue weighted by molar-refractivity contribution is 5.90. The fraction of sp³-hybridized carbons (Fsp3) is 0.455. The van der Waals surface area contributed by atoms with Crippen LogP contribution in [0, 0.1) is 5.41 Å². The summed E-state index contributed by atoms with van der Waals surface area (Å²) in [6, 6.07) is 6.41. The summed E-state index contributed by atoms with van der Waals surface area (Å²) in [6.07, 6.45) is 10.7. The van der Waals surface area contributed by atoms with Crippen molar-refractivity contribution in [2.75, 3.05) is 38.3 Å². The van der Waals surface area contributed by atoms with Crippen LogP contribution in [-0.4, -0.2) is 59.3 Å². The van der Waals surface area contributed by atoms with Crippen LogP contribution >= 0.6 is 0 Å². The van der Waals surface area contributed by atoms with Gasteiger partial charge in [-0.1, -0.05) is 0 Å². The van der Waals surface area contributed by atoms with E-state index in [-0.39, 0.29) is 0 Å². The maximum Gasteiger partial charge on any atom is 0.162 e. The van der Waals surface area contributed by atoms with E-state index in [2.05, 4.69) is 20.2 Å². The highest BCUT2D eigenvalue weighted by Gasteiger charge is 2.41. The number of aromatic nitrogens is 4. The third kappa shape index (κ3) is 3.56. The van der Waals surface area contributed by atoms with E-state index in [0.29, 0.717) is 11.5 Å². The van der Waals surface area contributed by atoms with Crippen molar-refractivity contribution in [1.29, 1.82) is 0 Å². The molecular weight excluding hydrogens is 364 g/mol. The third-order valence-corrected chi connectivity index (χ3v) is 6.35. The predicted molar refractivity (Wildman–Crippen MR) is 113 cm³/mol. The molecule has 2 aliphatic heterocycles. The van der Waals surface area contributed by atoms with Crippen molar-refractivity contribution < 1.29 is 4.74 Å². The van der Waals surface area contributed by atoms with Gasteiger partial charge in [-0.05, 0) is 42.9 Å². The number of nitrogens with zero attached hydrogens (tertiary/aromatic N) is 5. The molecule has 0 aliphatic carbocycles. The molecule has 7 nitrogen and oxygen atoms in total. The van der Waals surface area contributed by atoms with Crippen LogP contribution in [0.2, 0.25) is 0 Å². The summed E-state index contributed by atoms with van der Waals surface area (Å²) < 4.78 is 5.35. The van der Waals surface area contributed by atoms with Crippen molar-refractivity contribution >= 4 is 16.7 Å². The second-order valence-electron chi connectivity index (χ2n) is 8.22. The Hall–Kier alpha value is -2.64. The van der Waals surface area contributed by atoms with Crippen molar-refractivity contribution in [2.45, 2.75) is 25.3 Å². The fourth-order valence-corrected chi connectivity index (χ4v) is 4.76. The van der Waals surface area contributed by atoms with Gasteiger partial charge < -0.3 is 15.0 Å². The molecule has 2 fully saturated rings. The zero-order chi connectivity index (χ0) is 19.7. The van der Waals surface area contributed by atoms with Crippen molar-refractivity contribution in [2.24, 2.45) is 5.41 Å². The number of fused-ring (bicyclic) bond motifs is 1. The Kier molecular flexibility index (Phi) is 4.85. The van der Waals surface area contributed by atoms with E-state index in [9.17, 15) is 0 Å². The topological polar surface area (TPSA) is 76.1 Å². The number of piperidine rings is 1. The van der Waals surface area contributed by atoms with Gasteiger partial charge in [0.15, 0.2) is 5.82 Å². The average Bonchev–Trinajstić information content (AvgIpc) is 3.16. The van der Waals surface area contributed by atoms with E-state index >= 15 is 0 Å². The summed E-state index contributed by atoms with van der Waals surface area (Å²) in [4.78, 5) is 20.5. The van der Waals surface area contributed by atoms with Gasteiger partial charge in [-0.25, -0.2) is 9.97 Å². The maximum atomic E-state index is 5.35. The van der Waals surface area contributed by atoms with Crippen molar-refractivity contribution in [1.82, 2.24) is 25.3 Å². The molecular formula is C22H26N6O. The largest absolute Gasteiger partial charge is 0.383 e. The molecule has 0 radical (unpaired) electrons. The highest BCUT2D eigenvalue weighted by Crippen LogP contribution is 2.41. The minimum absolute atomic E-state index is 0.387. The molecule has 1 atom stereocenters. The molecule has 3 aromatic rings. The second kappa shape index (κ2) is 7.65. The molecule has 0 bridgehead atoms. The monoisotopic (exact) mass is 390 g/mol. The van der Waals surface area contributed by atoms with Gasteiger partial charge in [-0.3, -0.25) is 9.97 Å². The zero-order valence-electron chi connectivity index (χ0n) is 16.7. The minimum atomic E-state index is 0.387. The summed E-state index contributed by atoms with van der Waals surface area (Å²) in [7, 11) is 1.78. The van der Waals surface area contributed by atoms with Crippen LogP contribution in [0.5, 0.6) is 0 Å². The summed E-state index contributed by atoms with van der Waals surface area (Å²) in [5.41, 5.74) is 2.24. The van der Waals surface area contributed by atoms with Gasteiger partial charge in [0.1, 0.15) is 5.82 Å². The van der Waals surface area contributed by atoms with Crippen molar-refractivity contribution in [3.05, 3.63) is 43.0 Å². The SMILES string of the molecule is COC[C@@H]1CC2(CCN(c3nc(-c4ccncc4)nc4cnccc34)CC2)CN1. The van der Waals surface area contributed by atoms with Crippen LogP contribution in [0.15, 0.2) is 43.0 Å². The van der Waals surface area contributed by atoms with Gasteiger partial charge in [0.2, 0.25) is 0 Å². The predicted octanol–water partition coefficient (Wildman–Crippen LogP) is 2.68. The van der Waals surface area contributed by atoms with Crippen LogP contribution in [0.25, 0.3) is 22.3 Å². The molecule has 1 spiro atoms. The Labute approximate surface area is 170 Å². The molecule has 2 aliphatic rings. The van der Waals surface area contributed by atoms with Crippen LogP contribution in [0.3, 0.4) is 0 Å². The number of nitrogens with one attached hydrogen (secondary N) is 1. The first-order valence-corrected chi connectivity index (χ1v) is 10.3. The number of hydrogen-bond acceptors (Lipinski definition) is 7. The maximum absolute atomic E-state index is 5.35. The van der Waals surface area contributed by atoms with Crippen LogP contribution in [0.1, 0.15) is 19.3 Å². The molecule has 1 N–H and O–H groups in total. The van der Waals surface area contributed by atoms with E-state index < -0.39 is 0 Å². The van der Waals surface area contributed by atoms with E-state index in [4.69, 9.17) is 14.7 Å². The lowest BCUT2D eigenvalue weighted by molar-refractivity contribution is 0.163. The van der Waals surface area contributed by atoms with E-state index in [1.54, 1.807) is 19.5 Å². The standard InChI is InChI=1S/C22H26N6O/c1-29-14-17-12-22(15-25-17)5-10-28(11-6-22)21-18-4-9-24-13-19(18)26-20(27-21)16-2-7-23-8-3-16/h2-4,7-9,13,17,25H,5-6,10-12,14-15H2,1H3/t17-/m0/s1. The molecule has 5 rings (SSSR count). The van der Waals surface area contributed by atoms with Gasteiger partial charge >= 0.3 is 0 Å². The number of methoxy groups -OCH3 is 1. The lowest BCUT2D eigenvalue weighted by Crippen LogP contribution is -2.41. The first-order valence-electron chi connectivity index (χ1n) is 10.3. The van der Waals surface area contributed by atoms with Crippen molar-refractivity contribution in [3.63, 3.8) is 0 Å². The van der Waals surface area contributed by atoms with Gasteiger partial charge in [0.25, 0.3) is 0 Å². The van der Waals surface area contributed by atoms with Crippen LogP contribution in [0.4, 0.5) is 5.82 Å². The first kappa shape index (κ1) is 18.4. The number of rotatable bonds is 4. The summed E-state index contributed by atoms with van der Waals surface area (Å²) in [5.74, 6) is 1.74. The van der Waals surface area contributed by atoms with Crippen LogP contribution < -0.4 is 10.2 Å². The van der Waals surface area contributed by atoms with Gasteiger partial charge in [0.05, 0.1) is 18.3 Å². The molecule has 5 heterocycles.